The molecule has 0 radical (unpaired) electrons. The number of aliphatic hydroxyl groups excluding tert-OH is 1. The van der Waals surface area contributed by atoms with Crippen molar-refractivity contribution in [2.24, 2.45) is 0 Å². The van der Waals surface area contributed by atoms with E-state index < -0.39 is 20.0 Å². The Morgan fingerprint density at radius 1 is 0.486 bits per heavy atom. The van der Waals surface area contributed by atoms with Crippen LogP contribution < -0.4 is 5.32 Å². The third-order valence-corrected chi connectivity index (χ3v) is 13.8. The molecule has 3 N–H and O–H groups in total. The summed E-state index contributed by atoms with van der Waals surface area (Å²) in [5, 5.41) is 13.9. The Balaban J connectivity index is 4.21. The minimum Gasteiger partial charge on any atom is -0.387 e. The average molecular weight is 1030 g/mol. The number of quaternary nitrogens is 1. The number of nitrogens with one attached hydrogen (secondary N) is 1. The predicted molar refractivity (Wildman–Crippen MR) is 313 cm³/mol. The van der Waals surface area contributed by atoms with Gasteiger partial charge in [-0.3, -0.25) is 13.8 Å². The van der Waals surface area contributed by atoms with E-state index in [0.29, 0.717) is 17.4 Å². The molecular formula is C63H114N2O6P+. The first kappa shape index (κ1) is 69.4. The van der Waals surface area contributed by atoms with E-state index in [4.69, 9.17) is 9.05 Å². The molecule has 0 aromatic carbocycles. The second-order valence-electron chi connectivity index (χ2n) is 21.0. The van der Waals surface area contributed by atoms with Crippen LogP contribution in [0.2, 0.25) is 0 Å². The maximum atomic E-state index is 13.0. The van der Waals surface area contributed by atoms with Gasteiger partial charge < -0.3 is 19.8 Å². The van der Waals surface area contributed by atoms with Crippen LogP contribution in [-0.4, -0.2) is 73.4 Å². The summed E-state index contributed by atoms with van der Waals surface area (Å²) in [6.07, 6.45) is 76.5. The minimum atomic E-state index is -4.36. The molecule has 0 aromatic heterocycles. The van der Waals surface area contributed by atoms with E-state index in [1.54, 1.807) is 6.08 Å². The molecule has 9 heteroatoms. The lowest BCUT2D eigenvalue weighted by atomic mass is 10.0. The van der Waals surface area contributed by atoms with Crippen LogP contribution in [0.3, 0.4) is 0 Å². The molecule has 0 saturated carbocycles. The Hall–Kier alpha value is -2.58. The molecule has 416 valence electrons. The van der Waals surface area contributed by atoms with Crippen molar-refractivity contribution in [1.29, 1.82) is 0 Å². The highest BCUT2D eigenvalue weighted by Crippen LogP contribution is 2.43. The van der Waals surface area contributed by atoms with Gasteiger partial charge in [0.15, 0.2) is 0 Å². The second-order valence-corrected chi connectivity index (χ2v) is 22.4. The highest BCUT2D eigenvalue weighted by molar-refractivity contribution is 7.47. The van der Waals surface area contributed by atoms with Crippen LogP contribution in [0.15, 0.2) is 97.2 Å². The van der Waals surface area contributed by atoms with Crippen molar-refractivity contribution in [3.05, 3.63) is 97.2 Å². The van der Waals surface area contributed by atoms with Crippen LogP contribution in [-0.2, 0) is 18.4 Å². The molecule has 3 atom stereocenters. The van der Waals surface area contributed by atoms with Gasteiger partial charge in [0.05, 0.1) is 39.9 Å². The van der Waals surface area contributed by atoms with E-state index >= 15 is 0 Å². The largest absolute Gasteiger partial charge is 0.472 e. The van der Waals surface area contributed by atoms with Gasteiger partial charge in [-0.15, -0.1) is 0 Å². The number of likely N-dealkylation sites (N-methyl/N-ethyl adjacent to an activating group) is 1. The standard InChI is InChI=1S/C63H113N2O6P/c1-6-8-10-12-14-16-18-20-22-24-26-27-28-29-30-31-32-33-34-35-36-37-39-41-43-45-47-49-51-53-55-57-63(67)64-61(60-71-72(68,69)70-59-58-65(3,4)5)62(66)56-54-52-50-48-46-44-42-40-38-25-23-21-19-17-15-13-11-9-7-2/h8,10,14,16,20,22,26-27,29-30,32-33,46,48,54,56,61-62,66H,6-7,9,11-13,15,17-19,21,23-25,28,31,34-45,47,49-53,55,57-60H2,1-5H3,(H-,64,67,68,69)/p+1/b10-8-,16-14-,22-20-,27-26-,30-29-,33-32-,48-46+,56-54+. The normalized spacial score (nSPS) is 14.6. The maximum absolute atomic E-state index is 13.0. The predicted octanol–water partition coefficient (Wildman–Crippen LogP) is 18.2. The number of nitrogens with zero attached hydrogens (tertiary/aromatic N) is 1. The van der Waals surface area contributed by atoms with Crippen molar-refractivity contribution in [2.45, 2.75) is 257 Å². The molecule has 72 heavy (non-hydrogen) atoms. The molecule has 0 spiro atoms. The Labute approximate surface area is 445 Å². The summed E-state index contributed by atoms with van der Waals surface area (Å²) in [6.45, 7) is 4.69. The smallest absolute Gasteiger partial charge is 0.387 e. The third kappa shape index (κ3) is 55.2. The van der Waals surface area contributed by atoms with Gasteiger partial charge in [-0.05, 0) is 83.5 Å². The van der Waals surface area contributed by atoms with Gasteiger partial charge in [0, 0.05) is 6.42 Å². The Morgan fingerprint density at radius 2 is 0.847 bits per heavy atom. The zero-order chi connectivity index (χ0) is 52.7. The monoisotopic (exact) mass is 1030 g/mol. The van der Waals surface area contributed by atoms with Crippen LogP contribution in [0.5, 0.6) is 0 Å². The molecule has 0 aromatic rings. The number of amides is 1. The number of hydrogen-bond donors (Lipinski definition) is 3. The van der Waals surface area contributed by atoms with Crippen LogP contribution in [0.4, 0.5) is 0 Å². The molecule has 0 heterocycles. The van der Waals surface area contributed by atoms with Crippen molar-refractivity contribution in [3.8, 4) is 0 Å². The minimum absolute atomic E-state index is 0.0521. The van der Waals surface area contributed by atoms with Gasteiger partial charge in [0.1, 0.15) is 13.2 Å². The number of hydrogen-bond acceptors (Lipinski definition) is 5. The molecule has 0 aliphatic rings. The molecule has 3 unspecified atom stereocenters. The van der Waals surface area contributed by atoms with Gasteiger partial charge in [0.2, 0.25) is 5.91 Å². The molecule has 8 nitrogen and oxygen atoms in total. The van der Waals surface area contributed by atoms with Crippen LogP contribution in [0.1, 0.15) is 245 Å². The van der Waals surface area contributed by atoms with Crippen LogP contribution in [0.25, 0.3) is 0 Å². The number of carbonyl (C=O) groups is 1. The van der Waals surface area contributed by atoms with Crippen molar-refractivity contribution in [2.75, 3.05) is 40.9 Å². The number of aliphatic hydroxyl groups is 1. The van der Waals surface area contributed by atoms with E-state index in [0.717, 1.165) is 77.0 Å². The van der Waals surface area contributed by atoms with E-state index in [2.05, 4.69) is 104 Å². The zero-order valence-electron chi connectivity index (χ0n) is 47.4. The molecule has 0 rings (SSSR count). The highest BCUT2D eigenvalue weighted by atomic mass is 31.2. The number of rotatable bonds is 53. The highest BCUT2D eigenvalue weighted by Gasteiger charge is 2.27. The van der Waals surface area contributed by atoms with E-state index in [1.165, 1.54) is 148 Å². The fraction of sp³-hybridized carbons (Fsp3) is 0.730. The van der Waals surface area contributed by atoms with Crippen LogP contribution in [0, 0.1) is 0 Å². The topological polar surface area (TPSA) is 105 Å². The van der Waals surface area contributed by atoms with Gasteiger partial charge in [0.25, 0.3) is 0 Å². The van der Waals surface area contributed by atoms with Crippen LogP contribution >= 0.6 is 7.82 Å². The van der Waals surface area contributed by atoms with Gasteiger partial charge in [-0.25, -0.2) is 4.57 Å². The molecular weight excluding hydrogens is 912 g/mol. The zero-order valence-corrected chi connectivity index (χ0v) is 48.3. The van der Waals surface area contributed by atoms with E-state index in [9.17, 15) is 19.4 Å². The summed E-state index contributed by atoms with van der Waals surface area (Å²) < 4.78 is 23.7. The number of unbranched alkanes of at least 4 members (excludes halogenated alkanes) is 26. The maximum Gasteiger partial charge on any atom is 0.472 e. The van der Waals surface area contributed by atoms with E-state index in [1.807, 2.05) is 27.2 Å². The van der Waals surface area contributed by atoms with E-state index in [-0.39, 0.29) is 19.1 Å². The summed E-state index contributed by atoms with van der Waals surface area (Å²) in [7, 11) is 1.55. The average Bonchev–Trinajstić information content (AvgIpc) is 3.34. The Bertz CT molecular complexity index is 1490. The lowest BCUT2D eigenvalue weighted by Crippen LogP contribution is -2.45. The summed E-state index contributed by atoms with van der Waals surface area (Å²) >= 11 is 0. The van der Waals surface area contributed by atoms with Gasteiger partial charge in [-0.2, -0.15) is 0 Å². The molecule has 1 amide bonds. The molecule has 0 fully saturated rings. The lowest BCUT2D eigenvalue weighted by molar-refractivity contribution is -0.870. The van der Waals surface area contributed by atoms with Gasteiger partial charge in [-0.1, -0.05) is 252 Å². The fourth-order valence-corrected chi connectivity index (χ4v) is 8.92. The molecule has 0 bridgehead atoms. The van der Waals surface area contributed by atoms with Crippen molar-refractivity contribution < 1.29 is 32.9 Å². The number of phosphoric acid groups is 1. The summed E-state index contributed by atoms with van der Waals surface area (Å²) in [6, 6.07) is -0.870. The molecule has 0 saturated heterocycles. The van der Waals surface area contributed by atoms with Crippen molar-refractivity contribution >= 4 is 13.7 Å². The second kappa shape index (κ2) is 53.3. The van der Waals surface area contributed by atoms with Crippen molar-refractivity contribution in [1.82, 2.24) is 5.32 Å². The van der Waals surface area contributed by atoms with Crippen molar-refractivity contribution in [3.63, 3.8) is 0 Å². The summed E-state index contributed by atoms with van der Waals surface area (Å²) in [4.78, 5) is 23.3. The lowest BCUT2D eigenvalue weighted by Gasteiger charge is -2.25. The first-order valence-electron chi connectivity index (χ1n) is 29.6. The van der Waals surface area contributed by atoms with Gasteiger partial charge >= 0.3 is 7.82 Å². The summed E-state index contributed by atoms with van der Waals surface area (Å²) in [5.41, 5.74) is 0. The number of carbonyl (C=O) groups excluding carboxylic acids is 1. The summed E-state index contributed by atoms with van der Waals surface area (Å²) in [5.74, 6) is -0.191. The first-order chi connectivity index (χ1) is 35.0. The first-order valence-corrected chi connectivity index (χ1v) is 31.1. The quantitative estimate of drug-likeness (QED) is 0.0243. The Morgan fingerprint density at radius 3 is 1.28 bits per heavy atom. The third-order valence-electron chi connectivity index (χ3n) is 12.8. The Kier molecular flexibility index (Phi) is 51.3. The number of phosphoric ester groups is 1. The number of allylic oxidation sites excluding steroid dienone is 15. The SMILES string of the molecule is CC/C=C\C/C=C\C/C=C\C/C=C\C/C=C\C/C=C\CCCCCCCCCCCCCCC(=O)NC(COP(=O)(O)OCC[N+](C)(C)C)C(O)/C=C/CC/C=C/CCCCCCCCCCCCCCC. The molecule has 0 aliphatic heterocycles. The fourth-order valence-electron chi connectivity index (χ4n) is 8.18. The molecule has 0 aliphatic carbocycles.